The van der Waals surface area contributed by atoms with E-state index in [2.05, 4.69) is 20.9 Å². The summed E-state index contributed by atoms with van der Waals surface area (Å²) in [6.45, 7) is 4.00. The molecule has 1 aromatic heterocycles. The summed E-state index contributed by atoms with van der Waals surface area (Å²) in [5.41, 5.74) is 2.02. The molecule has 30 heavy (non-hydrogen) atoms. The predicted molar refractivity (Wildman–Crippen MR) is 111 cm³/mol. The molecule has 0 aliphatic heterocycles. The van der Waals surface area contributed by atoms with Crippen LogP contribution in [0.15, 0.2) is 48.5 Å². The van der Waals surface area contributed by atoms with Crippen molar-refractivity contribution < 1.29 is 19.1 Å². The highest BCUT2D eigenvalue weighted by Crippen LogP contribution is 2.18. The van der Waals surface area contributed by atoms with E-state index < -0.39 is 5.91 Å². The van der Waals surface area contributed by atoms with Crippen LogP contribution in [-0.4, -0.2) is 47.1 Å². The van der Waals surface area contributed by atoms with Gasteiger partial charge in [0.15, 0.2) is 5.69 Å². The maximum atomic E-state index is 12.5. The summed E-state index contributed by atoms with van der Waals surface area (Å²) >= 11 is 0. The topological polar surface area (TPSA) is 107 Å². The summed E-state index contributed by atoms with van der Waals surface area (Å²) in [4.78, 5) is 24.6. The number of aromatic nitrogens is 3. The van der Waals surface area contributed by atoms with Crippen molar-refractivity contribution in [2.24, 2.45) is 0 Å². The largest absolute Gasteiger partial charge is 0.497 e. The average Bonchev–Trinajstić information content (AvgIpc) is 3.15. The molecule has 0 atom stereocenters. The smallest absolute Gasteiger partial charge is 0.274 e. The normalized spacial score (nSPS) is 10.4. The number of methoxy groups -OCH3 is 1. The van der Waals surface area contributed by atoms with Crippen molar-refractivity contribution in [2.45, 2.75) is 13.8 Å². The summed E-state index contributed by atoms with van der Waals surface area (Å²) in [7, 11) is 1.57. The molecule has 0 aliphatic rings. The van der Waals surface area contributed by atoms with Crippen molar-refractivity contribution in [3.05, 3.63) is 59.9 Å². The maximum absolute atomic E-state index is 12.5. The number of carbonyl (C=O) groups excluding carboxylic acids is 2. The number of anilines is 1. The lowest BCUT2D eigenvalue weighted by Crippen LogP contribution is -2.33. The van der Waals surface area contributed by atoms with E-state index in [9.17, 15) is 9.59 Å². The lowest BCUT2D eigenvalue weighted by molar-refractivity contribution is -0.115. The molecule has 9 heteroatoms. The Hall–Kier alpha value is -3.88. The van der Waals surface area contributed by atoms with Crippen molar-refractivity contribution in [3.63, 3.8) is 0 Å². The van der Waals surface area contributed by atoms with Crippen LogP contribution in [0.4, 0.5) is 5.69 Å². The monoisotopic (exact) mass is 409 g/mol. The highest BCUT2D eigenvalue weighted by molar-refractivity contribution is 5.98. The molecule has 3 aromatic rings. The van der Waals surface area contributed by atoms with Crippen molar-refractivity contribution in [3.8, 4) is 17.2 Å². The van der Waals surface area contributed by atoms with Gasteiger partial charge >= 0.3 is 0 Å². The van der Waals surface area contributed by atoms with Gasteiger partial charge in [0, 0.05) is 11.8 Å². The molecule has 156 valence electrons. The zero-order valence-corrected chi connectivity index (χ0v) is 17.0. The molecule has 0 spiro atoms. The second kappa shape index (κ2) is 9.55. The van der Waals surface area contributed by atoms with Gasteiger partial charge in [0.25, 0.3) is 5.91 Å². The minimum atomic E-state index is -0.483. The van der Waals surface area contributed by atoms with Crippen LogP contribution in [-0.2, 0) is 4.79 Å². The Bertz CT molecular complexity index is 1030. The molecule has 0 unspecified atom stereocenters. The summed E-state index contributed by atoms with van der Waals surface area (Å²) in [6.07, 6.45) is 0. The first-order valence-electron chi connectivity index (χ1n) is 9.39. The zero-order chi connectivity index (χ0) is 21.5. The highest BCUT2D eigenvalue weighted by atomic mass is 16.5. The van der Waals surface area contributed by atoms with Crippen molar-refractivity contribution in [1.82, 2.24) is 20.3 Å². The van der Waals surface area contributed by atoms with Crippen molar-refractivity contribution in [2.75, 3.05) is 25.6 Å². The Kier molecular flexibility index (Phi) is 6.63. The van der Waals surface area contributed by atoms with Gasteiger partial charge in [-0.1, -0.05) is 11.3 Å². The molecule has 0 saturated heterocycles. The number of nitrogens with one attached hydrogen (secondary N) is 2. The van der Waals surface area contributed by atoms with Crippen LogP contribution < -0.4 is 20.1 Å². The van der Waals surface area contributed by atoms with E-state index in [-0.39, 0.29) is 18.1 Å². The standard InChI is InChI=1S/C21H23N5O4/c1-4-30-17-10-8-15(9-11-17)23-19(27)13-22-21(28)20-14(2)26(25-24-20)16-6-5-7-18(12-16)29-3/h5-12H,4,13H2,1-3H3,(H,22,28)(H,23,27). The third-order valence-electron chi connectivity index (χ3n) is 4.27. The summed E-state index contributed by atoms with van der Waals surface area (Å²) in [5, 5.41) is 13.3. The minimum absolute atomic E-state index is 0.145. The number of amides is 2. The first-order valence-corrected chi connectivity index (χ1v) is 9.39. The summed E-state index contributed by atoms with van der Waals surface area (Å²) < 4.78 is 12.1. The van der Waals surface area contributed by atoms with Crippen molar-refractivity contribution >= 4 is 17.5 Å². The Morgan fingerprint density at radius 1 is 1.10 bits per heavy atom. The fourth-order valence-corrected chi connectivity index (χ4v) is 2.78. The van der Waals surface area contributed by atoms with Crippen LogP contribution in [0.1, 0.15) is 23.1 Å². The van der Waals surface area contributed by atoms with E-state index >= 15 is 0 Å². The van der Waals surface area contributed by atoms with Gasteiger partial charge < -0.3 is 20.1 Å². The molecule has 0 aliphatic carbocycles. The number of benzene rings is 2. The maximum Gasteiger partial charge on any atom is 0.274 e. The number of hydrogen-bond donors (Lipinski definition) is 2. The SMILES string of the molecule is CCOc1ccc(NC(=O)CNC(=O)c2nnn(-c3cccc(OC)c3)c2C)cc1. The molecule has 1 heterocycles. The number of rotatable bonds is 8. The molecule has 2 aromatic carbocycles. The fraction of sp³-hybridized carbons (Fsp3) is 0.238. The van der Waals surface area contributed by atoms with E-state index in [4.69, 9.17) is 9.47 Å². The van der Waals surface area contributed by atoms with Gasteiger partial charge in [-0.05, 0) is 50.2 Å². The summed E-state index contributed by atoms with van der Waals surface area (Å²) in [6, 6.07) is 14.2. The lowest BCUT2D eigenvalue weighted by atomic mass is 10.2. The Morgan fingerprint density at radius 2 is 1.87 bits per heavy atom. The van der Waals surface area contributed by atoms with Gasteiger partial charge in [0.05, 0.1) is 31.6 Å². The van der Waals surface area contributed by atoms with Gasteiger partial charge in [-0.25, -0.2) is 4.68 Å². The number of nitrogens with zero attached hydrogens (tertiary/aromatic N) is 3. The highest BCUT2D eigenvalue weighted by Gasteiger charge is 2.18. The van der Waals surface area contributed by atoms with E-state index in [0.29, 0.717) is 29.4 Å². The van der Waals surface area contributed by atoms with Gasteiger partial charge in [0.1, 0.15) is 11.5 Å². The van der Waals surface area contributed by atoms with Crippen LogP contribution in [0.25, 0.3) is 5.69 Å². The molecule has 0 fully saturated rings. The average molecular weight is 409 g/mol. The third-order valence-corrected chi connectivity index (χ3v) is 4.27. The predicted octanol–water partition coefficient (Wildman–Crippen LogP) is 2.35. The molecule has 0 bridgehead atoms. The van der Waals surface area contributed by atoms with Crippen LogP contribution in [0.5, 0.6) is 11.5 Å². The first kappa shape index (κ1) is 20.8. The number of carbonyl (C=O) groups is 2. The second-order valence-electron chi connectivity index (χ2n) is 6.32. The zero-order valence-electron chi connectivity index (χ0n) is 17.0. The summed E-state index contributed by atoms with van der Waals surface area (Å²) in [5.74, 6) is 0.548. The molecule has 2 amide bonds. The molecule has 0 saturated carbocycles. The molecule has 2 N–H and O–H groups in total. The van der Waals surface area contributed by atoms with Gasteiger partial charge in [-0.3, -0.25) is 9.59 Å². The molecule has 0 radical (unpaired) electrons. The van der Waals surface area contributed by atoms with Gasteiger partial charge in [0.2, 0.25) is 5.91 Å². The minimum Gasteiger partial charge on any atom is -0.497 e. The van der Waals surface area contributed by atoms with E-state index in [1.807, 2.05) is 25.1 Å². The second-order valence-corrected chi connectivity index (χ2v) is 6.32. The first-order chi connectivity index (χ1) is 14.5. The lowest BCUT2D eigenvalue weighted by Gasteiger charge is -2.08. The number of ether oxygens (including phenoxy) is 2. The Balaban J connectivity index is 1.59. The van der Waals surface area contributed by atoms with Crippen LogP contribution >= 0.6 is 0 Å². The van der Waals surface area contributed by atoms with E-state index in [1.165, 1.54) is 4.68 Å². The van der Waals surface area contributed by atoms with E-state index in [1.54, 1.807) is 44.4 Å². The Labute approximate surface area is 174 Å². The molecule has 3 rings (SSSR count). The van der Waals surface area contributed by atoms with Crippen molar-refractivity contribution in [1.29, 1.82) is 0 Å². The molecule has 9 nitrogen and oxygen atoms in total. The molecular formula is C21H23N5O4. The third kappa shape index (κ3) is 4.93. The van der Waals surface area contributed by atoms with Gasteiger partial charge in [-0.2, -0.15) is 0 Å². The number of hydrogen-bond acceptors (Lipinski definition) is 6. The Morgan fingerprint density at radius 3 is 2.57 bits per heavy atom. The van der Waals surface area contributed by atoms with Crippen LogP contribution in [0, 0.1) is 6.92 Å². The quantitative estimate of drug-likeness (QED) is 0.591. The molecular weight excluding hydrogens is 386 g/mol. The van der Waals surface area contributed by atoms with Gasteiger partial charge in [-0.15, -0.1) is 5.10 Å². The van der Waals surface area contributed by atoms with Crippen LogP contribution in [0.2, 0.25) is 0 Å². The van der Waals surface area contributed by atoms with Crippen LogP contribution in [0.3, 0.4) is 0 Å². The van der Waals surface area contributed by atoms with E-state index in [0.717, 1.165) is 5.75 Å². The fourth-order valence-electron chi connectivity index (χ4n) is 2.78.